The Balaban J connectivity index is 2.01. The average molecular weight is 342 g/mol. The van der Waals surface area contributed by atoms with Crippen molar-refractivity contribution < 1.29 is 14.1 Å². The number of nitrogens with zero attached hydrogens (tertiary/aromatic N) is 1. The average Bonchev–Trinajstić information content (AvgIpc) is 2.48. The summed E-state index contributed by atoms with van der Waals surface area (Å²) in [6.07, 6.45) is 0. The zero-order valence-electron chi connectivity index (χ0n) is 12.0. The summed E-state index contributed by atoms with van der Waals surface area (Å²) in [7, 11) is 2.08. The number of hydrogen-bond donors (Lipinski definition) is 1. The van der Waals surface area contributed by atoms with Crippen molar-refractivity contribution in [2.24, 2.45) is 0 Å². The van der Waals surface area contributed by atoms with Crippen LogP contribution in [0.5, 0.6) is 0 Å². The first-order chi connectivity index (χ1) is 10.5. The minimum atomic E-state index is -0.325. The van der Waals surface area contributed by atoms with E-state index in [1.165, 1.54) is 23.1 Å². The third-order valence-corrected chi connectivity index (χ3v) is 4.36. The van der Waals surface area contributed by atoms with Crippen LogP contribution in [0.1, 0.15) is 10.6 Å². The second kappa shape index (κ2) is 5.91. The van der Waals surface area contributed by atoms with Crippen LogP contribution < -0.4 is 10.3 Å². The van der Waals surface area contributed by atoms with E-state index in [-0.39, 0.29) is 33.1 Å². The predicted octanol–water partition coefficient (Wildman–Crippen LogP) is 1.07. The maximum absolute atomic E-state index is 12.5. The normalized spacial score (nSPS) is 16.2. The summed E-state index contributed by atoms with van der Waals surface area (Å²) in [4.78, 5) is 27.8. The molecule has 0 unspecified atom stereocenters. The Kier molecular flexibility index (Phi) is 4.12. The van der Waals surface area contributed by atoms with Gasteiger partial charge in [0.25, 0.3) is 5.91 Å². The van der Waals surface area contributed by atoms with E-state index in [9.17, 15) is 9.59 Å². The molecule has 2 aromatic rings. The summed E-state index contributed by atoms with van der Waals surface area (Å²) in [5, 5.41) is 0.847. The number of quaternary nitrogens is 1. The van der Waals surface area contributed by atoms with Gasteiger partial charge in [0, 0.05) is 11.1 Å². The summed E-state index contributed by atoms with van der Waals surface area (Å²) in [6, 6.07) is 4.19. The molecule has 1 N–H and O–H groups in total. The van der Waals surface area contributed by atoms with Gasteiger partial charge in [-0.05, 0) is 12.1 Å². The number of amides is 1. The number of carbonyl (C=O) groups excluding carboxylic acids is 1. The summed E-state index contributed by atoms with van der Waals surface area (Å²) in [5.41, 5.74) is -0.129. The molecular formula is C15H15Cl2N2O3+. The van der Waals surface area contributed by atoms with Crippen molar-refractivity contribution in [1.82, 2.24) is 4.90 Å². The number of piperazine rings is 1. The third-order valence-electron chi connectivity index (χ3n) is 3.86. The van der Waals surface area contributed by atoms with Gasteiger partial charge in [-0.25, -0.2) is 0 Å². The van der Waals surface area contributed by atoms with Crippen molar-refractivity contribution >= 4 is 40.1 Å². The van der Waals surface area contributed by atoms with Crippen LogP contribution in [0.4, 0.5) is 0 Å². The Morgan fingerprint density at radius 1 is 1.23 bits per heavy atom. The quantitative estimate of drug-likeness (QED) is 0.844. The molecule has 2 heterocycles. The lowest BCUT2D eigenvalue weighted by Crippen LogP contribution is -3.12. The molecule has 1 saturated heterocycles. The first kappa shape index (κ1) is 15.3. The van der Waals surface area contributed by atoms with E-state index in [1.54, 1.807) is 4.90 Å². The van der Waals surface area contributed by atoms with Gasteiger partial charge in [0.2, 0.25) is 0 Å². The summed E-state index contributed by atoms with van der Waals surface area (Å²) in [5.74, 6) is -0.265. The van der Waals surface area contributed by atoms with Crippen LogP contribution in [0.25, 0.3) is 11.0 Å². The number of benzene rings is 1. The van der Waals surface area contributed by atoms with E-state index in [1.807, 2.05) is 0 Å². The molecule has 0 spiro atoms. The first-order valence-electron chi connectivity index (χ1n) is 6.99. The lowest BCUT2D eigenvalue weighted by atomic mass is 10.2. The van der Waals surface area contributed by atoms with Gasteiger partial charge in [-0.3, -0.25) is 9.59 Å². The van der Waals surface area contributed by atoms with Crippen LogP contribution in [0.2, 0.25) is 10.0 Å². The molecular weight excluding hydrogens is 327 g/mol. The van der Waals surface area contributed by atoms with Crippen LogP contribution in [0.3, 0.4) is 0 Å². The standard InChI is InChI=1S/C15H14Cl2N2O3/c1-18-2-4-19(5-3-18)15(21)13-8-12(20)10-6-9(16)7-11(17)14(10)22-13/h6-8H,2-5H2,1H3/p+1. The van der Waals surface area contributed by atoms with Crippen molar-refractivity contribution in [2.75, 3.05) is 33.2 Å². The van der Waals surface area contributed by atoms with Crippen LogP contribution >= 0.6 is 23.2 Å². The van der Waals surface area contributed by atoms with Gasteiger partial charge in [-0.15, -0.1) is 0 Å². The Labute approximate surface area is 137 Å². The highest BCUT2D eigenvalue weighted by Gasteiger charge is 2.25. The molecule has 116 valence electrons. The summed E-state index contributed by atoms with van der Waals surface area (Å²) < 4.78 is 5.58. The van der Waals surface area contributed by atoms with Crippen molar-refractivity contribution in [2.45, 2.75) is 0 Å². The number of halogens is 2. The van der Waals surface area contributed by atoms with Crippen molar-refractivity contribution in [3.05, 3.63) is 44.2 Å². The number of likely N-dealkylation sites (N-methyl/N-ethyl adjacent to an activating group) is 1. The number of fused-ring (bicyclic) bond motifs is 1. The van der Waals surface area contributed by atoms with Gasteiger partial charge in [0.05, 0.1) is 43.6 Å². The van der Waals surface area contributed by atoms with Gasteiger partial charge >= 0.3 is 0 Å². The zero-order chi connectivity index (χ0) is 15.9. The SMILES string of the molecule is C[NH+]1CCN(C(=O)c2cc(=O)c3cc(Cl)cc(Cl)c3o2)CC1. The smallest absolute Gasteiger partial charge is 0.290 e. The summed E-state index contributed by atoms with van der Waals surface area (Å²) in [6.45, 7) is 3.03. The number of carbonyl (C=O) groups is 1. The van der Waals surface area contributed by atoms with E-state index in [0.717, 1.165) is 13.1 Å². The zero-order valence-corrected chi connectivity index (χ0v) is 13.5. The fourth-order valence-corrected chi connectivity index (χ4v) is 3.07. The molecule has 1 amide bonds. The second-order valence-corrected chi connectivity index (χ2v) is 6.33. The van der Waals surface area contributed by atoms with Crippen molar-refractivity contribution in [1.29, 1.82) is 0 Å². The predicted molar refractivity (Wildman–Crippen MR) is 85.0 cm³/mol. The van der Waals surface area contributed by atoms with Gasteiger partial charge in [-0.1, -0.05) is 23.2 Å². The topological polar surface area (TPSA) is 55.0 Å². The van der Waals surface area contributed by atoms with E-state index in [0.29, 0.717) is 18.1 Å². The van der Waals surface area contributed by atoms with Crippen molar-refractivity contribution in [3.8, 4) is 0 Å². The highest BCUT2D eigenvalue weighted by molar-refractivity contribution is 6.38. The summed E-state index contributed by atoms with van der Waals surface area (Å²) >= 11 is 12.0. The fourth-order valence-electron chi connectivity index (χ4n) is 2.54. The van der Waals surface area contributed by atoms with Gasteiger partial charge in [-0.2, -0.15) is 0 Å². The Hall–Kier alpha value is -1.56. The van der Waals surface area contributed by atoms with Crippen LogP contribution in [0.15, 0.2) is 27.4 Å². The fraction of sp³-hybridized carbons (Fsp3) is 0.333. The molecule has 0 radical (unpaired) electrons. The van der Waals surface area contributed by atoms with Crippen molar-refractivity contribution in [3.63, 3.8) is 0 Å². The van der Waals surface area contributed by atoms with Crippen LogP contribution in [0, 0.1) is 0 Å². The molecule has 1 aromatic carbocycles. The molecule has 0 bridgehead atoms. The highest BCUT2D eigenvalue weighted by atomic mass is 35.5. The molecule has 22 heavy (non-hydrogen) atoms. The van der Waals surface area contributed by atoms with E-state index in [4.69, 9.17) is 27.6 Å². The van der Waals surface area contributed by atoms with Gasteiger partial charge in [0.15, 0.2) is 16.8 Å². The molecule has 1 aromatic heterocycles. The van der Waals surface area contributed by atoms with E-state index >= 15 is 0 Å². The molecule has 1 fully saturated rings. The molecule has 0 saturated carbocycles. The molecule has 0 atom stereocenters. The molecule has 1 aliphatic heterocycles. The minimum absolute atomic E-state index is 0.0151. The first-order valence-corrected chi connectivity index (χ1v) is 7.75. The number of nitrogens with one attached hydrogen (secondary N) is 1. The maximum atomic E-state index is 12.5. The number of hydrogen-bond acceptors (Lipinski definition) is 3. The molecule has 7 heteroatoms. The second-order valence-electron chi connectivity index (χ2n) is 5.49. The van der Waals surface area contributed by atoms with Crippen LogP contribution in [-0.4, -0.2) is 44.0 Å². The van der Waals surface area contributed by atoms with Gasteiger partial charge < -0.3 is 14.2 Å². The minimum Gasteiger partial charge on any atom is -0.449 e. The number of rotatable bonds is 1. The largest absolute Gasteiger partial charge is 0.449 e. The molecule has 1 aliphatic rings. The lowest BCUT2D eigenvalue weighted by Gasteiger charge is -2.29. The molecule has 3 rings (SSSR count). The maximum Gasteiger partial charge on any atom is 0.290 e. The molecule has 0 aliphatic carbocycles. The third kappa shape index (κ3) is 2.84. The van der Waals surface area contributed by atoms with Crippen LogP contribution in [-0.2, 0) is 0 Å². The highest BCUT2D eigenvalue weighted by Crippen LogP contribution is 2.27. The molecule has 5 nitrogen and oxygen atoms in total. The lowest BCUT2D eigenvalue weighted by molar-refractivity contribution is -0.883. The van der Waals surface area contributed by atoms with E-state index in [2.05, 4.69) is 7.05 Å². The Morgan fingerprint density at radius 3 is 2.59 bits per heavy atom. The van der Waals surface area contributed by atoms with E-state index < -0.39 is 0 Å². The Bertz CT molecular complexity index is 795. The van der Waals surface area contributed by atoms with Gasteiger partial charge in [0.1, 0.15) is 0 Å². The monoisotopic (exact) mass is 341 g/mol. The Morgan fingerprint density at radius 2 is 1.91 bits per heavy atom.